The standard InChI is InChI=1S/C16H32N2O3/c1-6-13(4)18(9-10-21-5)11-16(15(19)20,14-7-8-14)17-12(2)3/h12-14,17H,6-11H2,1-5H3,(H,19,20). The number of carboxylic acids is 1. The van der Waals surface area contributed by atoms with E-state index in [0.29, 0.717) is 19.2 Å². The van der Waals surface area contributed by atoms with E-state index in [0.717, 1.165) is 25.8 Å². The van der Waals surface area contributed by atoms with Gasteiger partial charge in [0, 0.05) is 32.3 Å². The van der Waals surface area contributed by atoms with Crippen LogP contribution in [0.3, 0.4) is 0 Å². The highest BCUT2D eigenvalue weighted by Gasteiger charge is 2.52. The SMILES string of the molecule is CCC(C)N(CCOC)CC(NC(C)C)(C(=O)O)C1CC1. The van der Waals surface area contributed by atoms with Crippen molar-refractivity contribution in [1.29, 1.82) is 0 Å². The second-order valence-corrected chi connectivity index (χ2v) is 6.57. The summed E-state index contributed by atoms with van der Waals surface area (Å²) in [6.07, 6.45) is 3.01. The zero-order valence-corrected chi connectivity index (χ0v) is 14.2. The van der Waals surface area contributed by atoms with Gasteiger partial charge in [0.15, 0.2) is 0 Å². The molecule has 5 heteroatoms. The van der Waals surface area contributed by atoms with Crippen LogP contribution in [0.2, 0.25) is 0 Å². The zero-order chi connectivity index (χ0) is 16.0. The number of ether oxygens (including phenoxy) is 1. The number of methoxy groups -OCH3 is 1. The quantitative estimate of drug-likeness (QED) is 0.611. The van der Waals surface area contributed by atoms with Crippen molar-refractivity contribution in [1.82, 2.24) is 10.2 Å². The fourth-order valence-corrected chi connectivity index (χ4v) is 2.93. The average molecular weight is 300 g/mol. The molecule has 0 aromatic heterocycles. The fraction of sp³-hybridized carbons (Fsp3) is 0.938. The van der Waals surface area contributed by atoms with Crippen LogP contribution in [0.15, 0.2) is 0 Å². The topological polar surface area (TPSA) is 61.8 Å². The Morgan fingerprint density at radius 1 is 1.43 bits per heavy atom. The molecule has 124 valence electrons. The van der Waals surface area contributed by atoms with Crippen molar-refractivity contribution in [2.45, 2.75) is 64.6 Å². The number of hydrogen-bond donors (Lipinski definition) is 2. The van der Waals surface area contributed by atoms with Crippen molar-refractivity contribution in [3.63, 3.8) is 0 Å². The number of rotatable bonds is 11. The number of nitrogens with zero attached hydrogens (tertiary/aromatic N) is 1. The van der Waals surface area contributed by atoms with Crippen LogP contribution >= 0.6 is 0 Å². The van der Waals surface area contributed by atoms with E-state index in [4.69, 9.17) is 4.74 Å². The molecule has 2 atom stereocenters. The molecule has 1 saturated carbocycles. The fourth-order valence-electron chi connectivity index (χ4n) is 2.93. The summed E-state index contributed by atoms with van der Waals surface area (Å²) in [5.74, 6) is -0.476. The van der Waals surface area contributed by atoms with E-state index in [1.54, 1.807) is 7.11 Å². The van der Waals surface area contributed by atoms with Crippen molar-refractivity contribution in [2.24, 2.45) is 5.92 Å². The first kappa shape index (κ1) is 18.4. The molecule has 21 heavy (non-hydrogen) atoms. The van der Waals surface area contributed by atoms with E-state index in [2.05, 4.69) is 24.1 Å². The van der Waals surface area contributed by atoms with Gasteiger partial charge >= 0.3 is 5.97 Å². The van der Waals surface area contributed by atoms with E-state index >= 15 is 0 Å². The van der Waals surface area contributed by atoms with E-state index in [1.165, 1.54) is 0 Å². The van der Waals surface area contributed by atoms with Gasteiger partial charge in [0.05, 0.1) is 6.61 Å². The molecular formula is C16H32N2O3. The van der Waals surface area contributed by atoms with Crippen molar-refractivity contribution in [2.75, 3.05) is 26.8 Å². The summed E-state index contributed by atoms with van der Waals surface area (Å²) in [4.78, 5) is 14.3. The Bertz CT molecular complexity index is 331. The third-order valence-corrected chi connectivity index (χ3v) is 4.45. The Labute approximate surface area is 129 Å². The molecule has 0 saturated heterocycles. The van der Waals surface area contributed by atoms with E-state index in [-0.39, 0.29) is 12.0 Å². The molecule has 1 fully saturated rings. The highest BCUT2D eigenvalue weighted by Crippen LogP contribution is 2.41. The first-order valence-corrected chi connectivity index (χ1v) is 8.11. The molecule has 0 aromatic rings. The molecule has 0 aliphatic heterocycles. The van der Waals surface area contributed by atoms with Gasteiger partial charge in [-0.25, -0.2) is 0 Å². The maximum atomic E-state index is 12.0. The van der Waals surface area contributed by atoms with Crippen LogP contribution in [-0.4, -0.2) is 60.4 Å². The summed E-state index contributed by atoms with van der Waals surface area (Å²) < 4.78 is 5.19. The minimum absolute atomic E-state index is 0.155. The van der Waals surface area contributed by atoms with Crippen LogP contribution in [0.5, 0.6) is 0 Å². The smallest absolute Gasteiger partial charge is 0.325 e. The number of nitrogens with one attached hydrogen (secondary N) is 1. The van der Waals surface area contributed by atoms with Gasteiger partial charge in [-0.3, -0.25) is 15.0 Å². The van der Waals surface area contributed by atoms with Crippen LogP contribution in [-0.2, 0) is 9.53 Å². The second-order valence-electron chi connectivity index (χ2n) is 6.57. The highest BCUT2D eigenvalue weighted by molar-refractivity contribution is 5.80. The van der Waals surface area contributed by atoms with Crippen molar-refractivity contribution < 1.29 is 14.6 Å². The summed E-state index contributed by atoms with van der Waals surface area (Å²) in [6.45, 7) is 10.3. The minimum atomic E-state index is -0.828. The monoisotopic (exact) mass is 300 g/mol. The highest BCUT2D eigenvalue weighted by atomic mass is 16.5. The summed E-state index contributed by atoms with van der Waals surface area (Å²) in [6, 6.07) is 0.509. The van der Waals surface area contributed by atoms with Crippen LogP contribution in [0.4, 0.5) is 0 Å². The average Bonchev–Trinajstić information content (AvgIpc) is 3.25. The summed E-state index contributed by atoms with van der Waals surface area (Å²) in [5, 5.41) is 13.3. The number of carboxylic acid groups (broad SMARTS) is 1. The molecule has 2 unspecified atom stereocenters. The number of hydrogen-bond acceptors (Lipinski definition) is 4. The van der Waals surface area contributed by atoms with Gasteiger partial charge in [-0.2, -0.15) is 0 Å². The lowest BCUT2D eigenvalue weighted by atomic mass is 9.90. The summed E-state index contributed by atoms with van der Waals surface area (Å²) in [5.41, 5.74) is -0.828. The summed E-state index contributed by atoms with van der Waals surface area (Å²) >= 11 is 0. The molecule has 1 aliphatic carbocycles. The van der Waals surface area contributed by atoms with Gasteiger partial charge < -0.3 is 9.84 Å². The molecule has 2 N–H and O–H groups in total. The Morgan fingerprint density at radius 3 is 2.43 bits per heavy atom. The van der Waals surface area contributed by atoms with Gasteiger partial charge in [-0.1, -0.05) is 6.92 Å². The lowest BCUT2D eigenvalue weighted by molar-refractivity contribution is -0.147. The summed E-state index contributed by atoms with van der Waals surface area (Å²) in [7, 11) is 1.69. The van der Waals surface area contributed by atoms with E-state index < -0.39 is 11.5 Å². The molecule has 0 radical (unpaired) electrons. The lowest BCUT2D eigenvalue weighted by Crippen LogP contribution is -2.63. The predicted octanol–water partition coefficient (Wildman–Crippen LogP) is 1.96. The van der Waals surface area contributed by atoms with Crippen molar-refractivity contribution in [3.05, 3.63) is 0 Å². The number of carbonyl (C=O) groups is 1. The molecule has 5 nitrogen and oxygen atoms in total. The maximum Gasteiger partial charge on any atom is 0.325 e. The third kappa shape index (κ3) is 4.94. The first-order chi connectivity index (χ1) is 9.87. The van der Waals surface area contributed by atoms with Crippen molar-refractivity contribution in [3.8, 4) is 0 Å². The maximum absolute atomic E-state index is 12.0. The van der Waals surface area contributed by atoms with Gasteiger partial charge in [-0.15, -0.1) is 0 Å². The van der Waals surface area contributed by atoms with Gasteiger partial charge in [0.2, 0.25) is 0 Å². The normalized spacial score (nSPS) is 19.8. The van der Waals surface area contributed by atoms with Crippen molar-refractivity contribution >= 4 is 5.97 Å². The van der Waals surface area contributed by atoms with E-state index in [9.17, 15) is 9.90 Å². The Balaban J connectivity index is 2.92. The zero-order valence-electron chi connectivity index (χ0n) is 14.2. The first-order valence-electron chi connectivity index (χ1n) is 8.11. The van der Waals surface area contributed by atoms with Gasteiger partial charge in [-0.05, 0) is 46.0 Å². The number of aliphatic carboxylic acids is 1. The predicted molar refractivity (Wildman–Crippen MR) is 84.6 cm³/mol. The molecule has 0 amide bonds. The Morgan fingerprint density at radius 2 is 2.05 bits per heavy atom. The molecule has 0 bridgehead atoms. The molecular weight excluding hydrogens is 268 g/mol. The third-order valence-electron chi connectivity index (χ3n) is 4.45. The molecule has 0 spiro atoms. The van der Waals surface area contributed by atoms with Crippen LogP contribution < -0.4 is 5.32 Å². The largest absolute Gasteiger partial charge is 0.480 e. The van der Waals surface area contributed by atoms with Gasteiger partial charge in [0.1, 0.15) is 5.54 Å². The molecule has 0 heterocycles. The molecule has 0 aromatic carbocycles. The minimum Gasteiger partial charge on any atom is -0.480 e. The Kier molecular flexibility index (Phi) is 7.10. The van der Waals surface area contributed by atoms with E-state index in [1.807, 2.05) is 13.8 Å². The van der Waals surface area contributed by atoms with Gasteiger partial charge in [0.25, 0.3) is 0 Å². The van der Waals surface area contributed by atoms with Crippen LogP contribution in [0.1, 0.15) is 47.0 Å². The second kappa shape index (κ2) is 8.11. The molecule has 1 rings (SSSR count). The molecule has 1 aliphatic rings. The Hall–Kier alpha value is -0.650. The van der Waals surface area contributed by atoms with Crippen LogP contribution in [0.25, 0.3) is 0 Å². The van der Waals surface area contributed by atoms with Crippen LogP contribution in [0, 0.1) is 5.92 Å². The lowest BCUT2D eigenvalue weighted by Gasteiger charge is -2.40.